The zero-order valence-electron chi connectivity index (χ0n) is 8.58. The first-order valence-corrected chi connectivity index (χ1v) is 4.82. The molecule has 1 aromatic heterocycles. The fraction of sp³-hybridized carbons (Fsp3) is 0.455. The zero-order chi connectivity index (χ0) is 10.2. The van der Waals surface area contributed by atoms with Crippen LogP contribution in [0.5, 0.6) is 0 Å². The summed E-state index contributed by atoms with van der Waals surface area (Å²) in [6.45, 7) is 8.53. The standard InChI is InChI=1S/C11H17NO2/c1-3-5-13-9-11-6-10(8-14-11)7-12-4-2/h3,6,8,12H,1,4-5,7,9H2,2H3. The summed E-state index contributed by atoms with van der Waals surface area (Å²) in [5.74, 6) is 0.861. The van der Waals surface area contributed by atoms with Gasteiger partial charge in [0.15, 0.2) is 0 Å². The van der Waals surface area contributed by atoms with Crippen LogP contribution >= 0.6 is 0 Å². The third-order valence-electron chi connectivity index (χ3n) is 1.77. The van der Waals surface area contributed by atoms with Crippen molar-refractivity contribution in [2.75, 3.05) is 13.2 Å². The highest BCUT2D eigenvalue weighted by Crippen LogP contribution is 2.08. The largest absolute Gasteiger partial charge is 0.467 e. The maximum Gasteiger partial charge on any atom is 0.129 e. The van der Waals surface area contributed by atoms with Crippen LogP contribution in [-0.2, 0) is 17.9 Å². The SMILES string of the molecule is C=CCOCc1cc(CNCC)co1. The van der Waals surface area contributed by atoms with Crippen molar-refractivity contribution < 1.29 is 9.15 Å². The van der Waals surface area contributed by atoms with Crippen LogP contribution in [0.15, 0.2) is 29.4 Å². The molecule has 1 N–H and O–H groups in total. The van der Waals surface area contributed by atoms with Gasteiger partial charge in [-0.2, -0.15) is 0 Å². The van der Waals surface area contributed by atoms with E-state index in [-0.39, 0.29) is 0 Å². The third kappa shape index (κ3) is 3.77. The number of nitrogens with one attached hydrogen (secondary N) is 1. The first-order valence-electron chi connectivity index (χ1n) is 4.82. The minimum absolute atomic E-state index is 0.512. The first kappa shape index (κ1) is 11.0. The van der Waals surface area contributed by atoms with Gasteiger partial charge in [0.05, 0.1) is 12.9 Å². The number of furan rings is 1. The molecule has 0 atom stereocenters. The van der Waals surface area contributed by atoms with Crippen molar-refractivity contribution in [3.63, 3.8) is 0 Å². The van der Waals surface area contributed by atoms with Crippen molar-refractivity contribution >= 4 is 0 Å². The molecule has 0 radical (unpaired) electrons. The molecule has 3 heteroatoms. The second-order valence-corrected chi connectivity index (χ2v) is 3.01. The van der Waals surface area contributed by atoms with E-state index in [4.69, 9.17) is 9.15 Å². The average molecular weight is 195 g/mol. The Morgan fingerprint density at radius 3 is 3.21 bits per heavy atom. The van der Waals surface area contributed by atoms with E-state index in [1.54, 1.807) is 12.3 Å². The molecule has 0 saturated heterocycles. The molecule has 0 amide bonds. The van der Waals surface area contributed by atoms with Gasteiger partial charge in [0.2, 0.25) is 0 Å². The molecular formula is C11H17NO2. The maximum absolute atomic E-state index is 5.31. The summed E-state index contributed by atoms with van der Waals surface area (Å²) in [5.41, 5.74) is 1.16. The maximum atomic E-state index is 5.31. The van der Waals surface area contributed by atoms with Gasteiger partial charge in [-0.25, -0.2) is 0 Å². The highest BCUT2D eigenvalue weighted by atomic mass is 16.5. The Morgan fingerprint density at radius 1 is 1.64 bits per heavy atom. The van der Waals surface area contributed by atoms with Gasteiger partial charge in [-0.15, -0.1) is 6.58 Å². The Labute approximate surface area is 84.8 Å². The lowest BCUT2D eigenvalue weighted by Gasteiger charge is -1.96. The van der Waals surface area contributed by atoms with E-state index in [0.29, 0.717) is 13.2 Å². The molecule has 0 fully saturated rings. The van der Waals surface area contributed by atoms with Crippen molar-refractivity contribution in [1.29, 1.82) is 0 Å². The van der Waals surface area contributed by atoms with E-state index < -0.39 is 0 Å². The van der Waals surface area contributed by atoms with Crippen LogP contribution in [0.25, 0.3) is 0 Å². The molecule has 3 nitrogen and oxygen atoms in total. The fourth-order valence-corrected chi connectivity index (χ4v) is 1.11. The molecule has 1 aromatic rings. The van der Waals surface area contributed by atoms with Gasteiger partial charge in [-0.1, -0.05) is 13.0 Å². The van der Waals surface area contributed by atoms with Crippen LogP contribution in [0.4, 0.5) is 0 Å². The van der Waals surface area contributed by atoms with Crippen LogP contribution in [0.3, 0.4) is 0 Å². The summed E-state index contributed by atoms with van der Waals surface area (Å²) in [6, 6.07) is 2.01. The highest BCUT2D eigenvalue weighted by molar-refractivity contribution is 5.11. The van der Waals surface area contributed by atoms with Crippen molar-refractivity contribution in [2.24, 2.45) is 0 Å². The molecule has 0 aromatic carbocycles. The molecule has 0 aliphatic carbocycles. The summed E-state index contributed by atoms with van der Waals surface area (Å²) in [5, 5.41) is 3.23. The van der Waals surface area contributed by atoms with Crippen LogP contribution in [0.2, 0.25) is 0 Å². The van der Waals surface area contributed by atoms with Gasteiger partial charge in [-0.05, 0) is 12.6 Å². The smallest absolute Gasteiger partial charge is 0.129 e. The van der Waals surface area contributed by atoms with Gasteiger partial charge in [0.1, 0.15) is 12.4 Å². The molecular weight excluding hydrogens is 178 g/mol. The second-order valence-electron chi connectivity index (χ2n) is 3.01. The van der Waals surface area contributed by atoms with Gasteiger partial charge < -0.3 is 14.5 Å². The molecule has 14 heavy (non-hydrogen) atoms. The third-order valence-corrected chi connectivity index (χ3v) is 1.77. The molecule has 78 valence electrons. The highest BCUT2D eigenvalue weighted by Gasteiger charge is 2.00. The molecule has 1 rings (SSSR count). The summed E-state index contributed by atoms with van der Waals surface area (Å²) >= 11 is 0. The predicted molar refractivity (Wildman–Crippen MR) is 55.9 cm³/mol. The topological polar surface area (TPSA) is 34.4 Å². The zero-order valence-corrected chi connectivity index (χ0v) is 8.58. The predicted octanol–water partition coefficient (Wildman–Crippen LogP) is 2.09. The van der Waals surface area contributed by atoms with Crippen molar-refractivity contribution in [2.45, 2.75) is 20.1 Å². The number of hydrogen-bond acceptors (Lipinski definition) is 3. The van der Waals surface area contributed by atoms with Crippen LogP contribution in [0, 0.1) is 0 Å². The van der Waals surface area contributed by atoms with E-state index in [1.165, 1.54) is 0 Å². The van der Waals surface area contributed by atoms with Crippen LogP contribution < -0.4 is 5.32 Å². The van der Waals surface area contributed by atoms with E-state index >= 15 is 0 Å². The van der Waals surface area contributed by atoms with Gasteiger partial charge in [0.25, 0.3) is 0 Å². The lowest BCUT2D eigenvalue weighted by atomic mass is 10.3. The van der Waals surface area contributed by atoms with Crippen LogP contribution in [0.1, 0.15) is 18.2 Å². The molecule has 1 heterocycles. The lowest BCUT2D eigenvalue weighted by Crippen LogP contribution is -2.10. The van der Waals surface area contributed by atoms with E-state index in [0.717, 1.165) is 24.4 Å². The van der Waals surface area contributed by atoms with Crippen molar-refractivity contribution in [3.05, 3.63) is 36.3 Å². The summed E-state index contributed by atoms with van der Waals surface area (Å²) in [7, 11) is 0. The Bertz CT molecular complexity index is 268. The van der Waals surface area contributed by atoms with Crippen molar-refractivity contribution in [3.8, 4) is 0 Å². The number of hydrogen-bond donors (Lipinski definition) is 1. The van der Waals surface area contributed by atoms with E-state index in [9.17, 15) is 0 Å². The average Bonchev–Trinajstić information content (AvgIpc) is 2.63. The van der Waals surface area contributed by atoms with Gasteiger partial charge in [-0.3, -0.25) is 0 Å². The summed E-state index contributed by atoms with van der Waals surface area (Å²) in [4.78, 5) is 0. The Hall–Kier alpha value is -1.06. The first-order chi connectivity index (χ1) is 6.86. The number of ether oxygens (including phenoxy) is 1. The quantitative estimate of drug-likeness (QED) is 0.534. The molecule has 0 aliphatic heterocycles. The van der Waals surface area contributed by atoms with Gasteiger partial charge >= 0.3 is 0 Å². The minimum Gasteiger partial charge on any atom is -0.467 e. The molecule has 0 aliphatic rings. The summed E-state index contributed by atoms with van der Waals surface area (Å²) in [6.07, 6.45) is 3.48. The normalized spacial score (nSPS) is 10.4. The van der Waals surface area contributed by atoms with Crippen LogP contribution in [-0.4, -0.2) is 13.2 Å². The Kier molecular flexibility index (Phi) is 5.04. The Morgan fingerprint density at radius 2 is 2.50 bits per heavy atom. The summed E-state index contributed by atoms with van der Waals surface area (Å²) < 4.78 is 10.6. The van der Waals surface area contributed by atoms with Gasteiger partial charge in [0, 0.05) is 12.1 Å². The lowest BCUT2D eigenvalue weighted by molar-refractivity contribution is 0.132. The fourth-order valence-electron chi connectivity index (χ4n) is 1.11. The molecule has 0 bridgehead atoms. The Balaban J connectivity index is 2.31. The molecule has 0 saturated carbocycles. The van der Waals surface area contributed by atoms with E-state index in [1.807, 2.05) is 6.07 Å². The second kappa shape index (κ2) is 6.40. The van der Waals surface area contributed by atoms with Crippen molar-refractivity contribution in [1.82, 2.24) is 5.32 Å². The molecule has 0 spiro atoms. The monoisotopic (exact) mass is 195 g/mol. The minimum atomic E-state index is 0.512. The molecule has 0 unspecified atom stereocenters. The number of rotatable bonds is 7. The van der Waals surface area contributed by atoms with E-state index in [2.05, 4.69) is 18.8 Å².